The smallest absolute Gasteiger partial charge is 0.263 e. The lowest BCUT2D eigenvalue weighted by molar-refractivity contribution is 0.0962. The van der Waals surface area contributed by atoms with Crippen LogP contribution in [0.15, 0.2) is 12.7 Å². The minimum absolute atomic E-state index is 0.00149. The van der Waals surface area contributed by atoms with Gasteiger partial charge in [0.15, 0.2) is 5.75 Å². The van der Waals surface area contributed by atoms with Gasteiger partial charge in [0.1, 0.15) is 15.6 Å². The molecule has 1 heterocycles. The van der Waals surface area contributed by atoms with E-state index in [4.69, 9.17) is 10.5 Å². The predicted molar refractivity (Wildman–Crippen MR) is 81.2 cm³/mol. The molecule has 0 atom stereocenters. The molecule has 1 amide bonds. The number of carbonyl (C=O) groups is 1. The lowest BCUT2D eigenvalue weighted by Gasteiger charge is -2.11. The third-order valence-electron chi connectivity index (χ3n) is 2.20. The molecule has 0 bridgehead atoms. The molecule has 0 aliphatic carbocycles. The molecule has 0 spiro atoms. The second kappa shape index (κ2) is 7.04. The Kier molecular flexibility index (Phi) is 5.69. The first-order chi connectivity index (χ1) is 9.01. The van der Waals surface area contributed by atoms with Gasteiger partial charge < -0.3 is 21.1 Å². The third kappa shape index (κ3) is 3.89. The highest BCUT2D eigenvalue weighted by molar-refractivity contribution is 7.19. The second-order valence-electron chi connectivity index (χ2n) is 4.20. The molecule has 1 rings (SSSR count). The Balaban J connectivity index is 3.05. The van der Waals surface area contributed by atoms with Crippen molar-refractivity contribution in [2.75, 3.05) is 24.1 Å². The van der Waals surface area contributed by atoms with Crippen molar-refractivity contribution in [1.29, 1.82) is 0 Å². The minimum Gasteiger partial charge on any atom is -0.486 e. The van der Waals surface area contributed by atoms with Crippen molar-refractivity contribution in [2.45, 2.75) is 26.9 Å². The van der Waals surface area contributed by atoms with Crippen LogP contribution in [-0.4, -0.2) is 25.1 Å². The van der Waals surface area contributed by atoms with E-state index in [9.17, 15) is 4.79 Å². The molecule has 0 saturated carbocycles. The average Bonchev–Trinajstić information content (AvgIpc) is 2.65. The molecule has 0 aliphatic heterocycles. The number of hydrogen-bond donors (Lipinski definition) is 3. The highest BCUT2D eigenvalue weighted by Crippen LogP contribution is 2.43. The largest absolute Gasteiger partial charge is 0.486 e. The summed E-state index contributed by atoms with van der Waals surface area (Å²) in [6.45, 7) is 10.5. The number of thiophene rings is 1. The summed E-state index contributed by atoms with van der Waals surface area (Å²) in [4.78, 5) is 12.4. The van der Waals surface area contributed by atoms with Gasteiger partial charge in [-0.2, -0.15) is 0 Å². The van der Waals surface area contributed by atoms with E-state index in [1.807, 2.05) is 20.8 Å². The number of hydrogen-bond acceptors (Lipinski definition) is 5. The van der Waals surface area contributed by atoms with Crippen LogP contribution >= 0.6 is 11.3 Å². The van der Waals surface area contributed by atoms with Gasteiger partial charge in [0.25, 0.3) is 5.91 Å². The first-order valence-electron chi connectivity index (χ1n) is 6.23. The predicted octanol–water partition coefficient (Wildman–Crippen LogP) is 2.47. The highest BCUT2D eigenvalue weighted by Gasteiger charge is 2.22. The molecule has 0 unspecified atom stereocenters. The lowest BCUT2D eigenvalue weighted by atomic mass is 10.3. The molecule has 0 radical (unpaired) electrons. The summed E-state index contributed by atoms with van der Waals surface area (Å²) in [6.07, 6.45) is 1.62. The molecular formula is C13H21N3O2S. The van der Waals surface area contributed by atoms with E-state index in [1.165, 1.54) is 11.3 Å². The Morgan fingerprint density at radius 1 is 1.58 bits per heavy atom. The molecule has 6 heteroatoms. The van der Waals surface area contributed by atoms with Crippen LogP contribution in [0.4, 0.5) is 10.7 Å². The first kappa shape index (κ1) is 15.4. The van der Waals surface area contributed by atoms with Crippen LogP contribution in [0.1, 0.15) is 30.4 Å². The summed E-state index contributed by atoms with van der Waals surface area (Å²) in [5.74, 6) is 0.353. The zero-order chi connectivity index (χ0) is 14.4. The first-order valence-corrected chi connectivity index (χ1v) is 7.04. The van der Waals surface area contributed by atoms with Gasteiger partial charge >= 0.3 is 0 Å². The molecule has 5 nitrogen and oxygen atoms in total. The van der Waals surface area contributed by atoms with E-state index in [1.54, 1.807) is 6.08 Å². The molecule has 4 N–H and O–H groups in total. The fraction of sp³-hybridized carbons (Fsp3) is 0.462. The normalized spacial score (nSPS) is 10.3. The van der Waals surface area contributed by atoms with E-state index < -0.39 is 0 Å². The molecule has 1 aromatic heterocycles. The van der Waals surface area contributed by atoms with Crippen molar-refractivity contribution in [3.63, 3.8) is 0 Å². The third-order valence-corrected chi connectivity index (χ3v) is 3.35. The molecule has 0 aliphatic rings. The SMILES string of the molecule is C=CCNC(=O)c1sc(NCC)c(OC(C)C)c1N. The maximum Gasteiger partial charge on any atom is 0.263 e. The van der Waals surface area contributed by atoms with E-state index in [0.29, 0.717) is 22.9 Å². The van der Waals surface area contributed by atoms with Crippen molar-refractivity contribution in [2.24, 2.45) is 0 Å². The van der Waals surface area contributed by atoms with Gasteiger partial charge in [-0.15, -0.1) is 17.9 Å². The molecule has 0 fully saturated rings. The molecule has 0 aromatic carbocycles. The van der Waals surface area contributed by atoms with Crippen molar-refractivity contribution in [1.82, 2.24) is 5.32 Å². The summed E-state index contributed by atoms with van der Waals surface area (Å²) in [5, 5.41) is 6.67. The average molecular weight is 283 g/mol. The Morgan fingerprint density at radius 3 is 2.79 bits per heavy atom. The highest BCUT2D eigenvalue weighted by atomic mass is 32.1. The lowest BCUT2D eigenvalue weighted by Crippen LogP contribution is -2.23. The summed E-state index contributed by atoms with van der Waals surface area (Å²) in [5.41, 5.74) is 6.40. The number of anilines is 2. The number of ether oxygens (including phenoxy) is 1. The zero-order valence-corrected chi connectivity index (χ0v) is 12.4. The van der Waals surface area contributed by atoms with Crippen molar-refractivity contribution in [3.05, 3.63) is 17.5 Å². The monoisotopic (exact) mass is 283 g/mol. The van der Waals surface area contributed by atoms with Crippen LogP contribution in [0.3, 0.4) is 0 Å². The molecule has 0 saturated heterocycles. The van der Waals surface area contributed by atoms with E-state index in [2.05, 4.69) is 17.2 Å². The van der Waals surface area contributed by atoms with Crippen LogP contribution in [0.25, 0.3) is 0 Å². The van der Waals surface area contributed by atoms with E-state index in [0.717, 1.165) is 11.5 Å². The number of nitrogens with two attached hydrogens (primary N) is 1. The molecule has 106 valence electrons. The van der Waals surface area contributed by atoms with Crippen LogP contribution in [0.2, 0.25) is 0 Å². The Morgan fingerprint density at radius 2 is 2.26 bits per heavy atom. The van der Waals surface area contributed by atoms with Crippen molar-refractivity contribution >= 4 is 27.9 Å². The number of amides is 1. The minimum atomic E-state index is -0.208. The maximum atomic E-state index is 12.0. The van der Waals surface area contributed by atoms with Crippen molar-refractivity contribution in [3.8, 4) is 5.75 Å². The van der Waals surface area contributed by atoms with Gasteiger partial charge in [0.2, 0.25) is 0 Å². The molecule has 19 heavy (non-hydrogen) atoms. The number of carbonyl (C=O) groups excluding carboxylic acids is 1. The van der Waals surface area contributed by atoms with Gasteiger partial charge in [-0.25, -0.2) is 0 Å². The number of nitrogen functional groups attached to an aromatic ring is 1. The van der Waals surface area contributed by atoms with Gasteiger partial charge in [0.05, 0.1) is 6.10 Å². The quantitative estimate of drug-likeness (QED) is 0.672. The standard InChI is InChI=1S/C13H21N3O2S/c1-5-7-16-12(17)11-9(14)10(18-8(3)4)13(19-11)15-6-2/h5,8,15H,1,6-7,14H2,2-4H3,(H,16,17). The summed E-state index contributed by atoms with van der Waals surface area (Å²) in [7, 11) is 0. The van der Waals surface area contributed by atoms with Gasteiger partial charge in [0, 0.05) is 13.1 Å². The van der Waals surface area contributed by atoms with E-state index in [-0.39, 0.29) is 12.0 Å². The Bertz CT molecular complexity index is 455. The van der Waals surface area contributed by atoms with E-state index >= 15 is 0 Å². The zero-order valence-electron chi connectivity index (χ0n) is 11.6. The number of nitrogens with one attached hydrogen (secondary N) is 2. The maximum absolute atomic E-state index is 12.0. The van der Waals surface area contributed by atoms with Gasteiger partial charge in [-0.05, 0) is 20.8 Å². The molecule has 1 aromatic rings. The summed E-state index contributed by atoms with van der Waals surface area (Å²) < 4.78 is 5.69. The fourth-order valence-electron chi connectivity index (χ4n) is 1.47. The topological polar surface area (TPSA) is 76.4 Å². The van der Waals surface area contributed by atoms with Gasteiger partial charge in [-0.1, -0.05) is 6.08 Å². The van der Waals surface area contributed by atoms with Crippen molar-refractivity contribution < 1.29 is 9.53 Å². The van der Waals surface area contributed by atoms with Crippen LogP contribution < -0.4 is 21.1 Å². The van der Waals surface area contributed by atoms with Crippen LogP contribution in [-0.2, 0) is 0 Å². The molecular weight excluding hydrogens is 262 g/mol. The Labute approximate surface area is 117 Å². The van der Waals surface area contributed by atoms with Crippen LogP contribution in [0.5, 0.6) is 5.75 Å². The van der Waals surface area contributed by atoms with Crippen LogP contribution in [0, 0.1) is 0 Å². The summed E-state index contributed by atoms with van der Waals surface area (Å²) in [6, 6.07) is 0. The summed E-state index contributed by atoms with van der Waals surface area (Å²) >= 11 is 1.30. The fourth-order valence-corrected chi connectivity index (χ4v) is 2.51. The Hall–Kier alpha value is -1.69. The van der Waals surface area contributed by atoms with Gasteiger partial charge in [-0.3, -0.25) is 4.79 Å². The number of rotatable bonds is 7. The second-order valence-corrected chi connectivity index (χ2v) is 5.22.